The van der Waals surface area contributed by atoms with Crippen LogP contribution in [0, 0.1) is 0 Å². The summed E-state index contributed by atoms with van der Waals surface area (Å²) in [5.41, 5.74) is 2.31. The molecule has 1 aromatic rings. The summed E-state index contributed by atoms with van der Waals surface area (Å²) in [5, 5.41) is 10.1. The van der Waals surface area contributed by atoms with Gasteiger partial charge in [-0.05, 0) is 24.6 Å². The molecule has 1 fully saturated rings. The molecule has 0 saturated carbocycles. The van der Waals surface area contributed by atoms with Gasteiger partial charge in [-0.3, -0.25) is 9.69 Å². The van der Waals surface area contributed by atoms with Crippen molar-refractivity contribution in [1.82, 2.24) is 9.80 Å². The molecule has 1 N–H and O–H groups in total. The quantitative estimate of drug-likeness (QED) is 0.910. The molecule has 0 bridgehead atoms. The van der Waals surface area contributed by atoms with Crippen LogP contribution in [0.4, 0.5) is 0 Å². The topological polar surface area (TPSA) is 53.0 Å². The molecule has 1 amide bonds. The lowest BCUT2D eigenvalue weighted by molar-refractivity contribution is -0.141. The molecule has 0 unspecified atom stereocenters. The first-order chi connectivity index (χ1) is 10.5. The van der Waals surface area contributed by atoms with Crippen molar-refractivity contribution in [1.29, 1.82) is 0 Å². The van der Waals surface area contributed by atoms with E-state index in [2.05, 4.69) is 4.90 Å². The highest BCUT2D eigenvalue weighted by molar-refractivity contribution is 6.30. The number of aliphatic hydroxyl groups excluding tert-OH is 1. The monoisotopic (exact) mass is 324 g/mol. The predicted molar refractivity (Wildman–Crippen MR) is 84.2 cm³/mol. The second kappa shape index (κ2) is 6.44. The molecule has 2 aliphatic heterocycles. The smallest absolute Gasteiger partial charge is 0.251 e. The first kappa shape index (κ1) is 15.6. The van der Waals surface area contributed by atoms with Gasteiger partial charge in [-0.25, -0.2) is 0 Å². The molecule has 3 rings (SSSR count). The maximum atomic E-state index is 11.8. The summed E-state index contributed by atoms with van der Waals surface area (Å²) in [7, 11) is 0. The van der Waals surface area contributed by atoms with E-state index in [0.29, 0.717) is 13.1 Å². The molecule has 0 spiro atoms. The lowest BCUT2D eigenvalue weighted by atomic mass is 10.1. The van der Waals surface area contributed by atoms with E-state index >= 15 is 0 Å². The molecule has 1 aromatic carbocycles. The van der Waals surface area contributed by atoms with Crippen molar-refractivity contribution >= 4 is 17.5 Å². The standard InChI is InChI=1S/C16H21ClN2O3/c1-11(20)16(21)19-5-3-18(4-6-19)10-13-9-14(17)8-12-2-7-22-15(12)13/h8-9,11,20H,2-7,10H2,1H3/t11-/m0/s1. The molecule has 0 radical (unpaired) electrons. The van der Waals surface area contributed by atoms with E-state index in [1.807, 2.05) is 12.1 Å². The maximum Gasteiger partial charge on any atom is 0.251 e. The van der Waals surface area contributed by atoms with E-state index in [0.717, 1.165) is 49.0 Å². The molecule has 1 atom stereocenters. The molecular weight excluding hydrogens is 304 g/mol. The Kier molecular flexibility index (Phi) is 4.57. The van der Waals surface area contributed by atoms with Crippen LogP contribution in [0.2, 0.25) is 5.02 Å². The second-order valence-corrected chi connectivity index (χ2v) is 6.37. The Hall–Kier alpha value is -1.30. The van der Waals surface area contributed by atoms with Crippen LogP contribution in [0.5, 0.6) is 5.75 Å². The highest BCUT2D eigenvalue weighted by atomic mass is 35.5. The van der Waals surface area contributed by atoms with Crippen LogP contribution >= 0.6 is 11.6 Å². The summed E-state index contributed by atoms with van der Waals surface area (Å²) < 4.78 is 5.73. The van der Waals surface area contributed by atoms with Gasteiger partial charge in [-0.15, -0.1) is 0 Å². The number of piperazine rings is 1. The van der Waals surface area contributed by atoms with Gasteiger partial charge >= 0.3 is 0 Å². The minimum Gasteiger partial charge on any atom is -0.493 e. The number of carbonyl (C=O) groups is 1. The third-order valence-electron chi connectivity index (χ3n) is 4.26. The Labute approximate surface area is 135 Å². The zero-order valence-electron chi connectivity index (χ0n) is 12.7. The average Bonchev–Trinajstić information content (AvgIpc) is 2.95. The highest BCUT2D eigenvalue weighted by Gasteiger charge is 2.25. The van der Waals surface area contributed by atoms with Crippen molar-refractivity contribution in [3.63, 3.8) is 0 Å². The van der Waals surface area contributed by atoms with E-state index in [-0.39, 0.29) is 5.91 Å². The van der Waals surface area contributed by atoms with E-state index < -0.39 is 6.10 Å². The third kappa shape index (κ3) is 3.21. The number of hydrogen-bond acceptors (Lipinski definition) is 4. The summed E-state index contributed by atoms with van der Waals surface area (Å²) in [4.78, 5) is 15.8. The molecule has 6 heteroatoms. The van der Waals surface area contributed by atoms with Crippen molar-refractivity contribution < 1.29 is 14.6 Å². The van der Waals surface area contributed by atoms with Crippen molar-refractivity contribution in [3.8, 4) is 5.75 Å². The molecule has 2 aliphatic rings. The number of aliphatic hydroxyl groups is 1. The summed E-state index contributed by atoms with van der Waals surface area (Å²) >= 11 is 6.19. The number of benzene rings is 1. The van der Waals surface area contributed by atoms with Gasteiger partial charge in [-0.1, -0.05) is 11.6 Å². The number of ether oxygens (including phenoxy) is 1. The first-order valence-electron chi connectivity index (χ1n) is 7.68. The Balaban J connectivity index is 1.63. The Morgan fingerprint density at radius 1 is 1.36 bits per heavy atom. The molecule has 0 aromatic heterocycles. The third-order valence-corrected chi connectivity index (χ3v) is 4.48. The number of carbonyl (C=O) groups excluding carboxylic acids is 1. The van der Waals surface area contributed by atoms with Crippen molar-refractivity contribution in [2.75, 3.05) is 32.8 Å². The van der Waals surface area contributed by atoms with Gasteiger partial charge in [0.2, 0.25) is 0 Å². The van der Waals surface area contributed by atoms with Crippen LogP contribution in [-0.4, -0.2) is 59.7 Å². The van der Waals surface area contributed by atoms with Gasteiger partial charge in [0.1, 0.15) is 11.9 Å². The molecule has 22 heavy (non-hydrogen) atoms. The number of halogens is 1. The number of hydrogen-bond donors (Lipinski definition) is 1. The number of fused-ring (bicyclic) bond motifs is 1. The molecule has 2 heterocycles. The predicted octanol–water partition coefficient (Wildman–Crippen LogP) is 1.30. The SMILES string of the molecule is C[C@H](O)C(=O)N1CCN(Cc2cc(Cl)cc3c2OCC3)CC1. The van der Waals surface area contributed by atoms with Crippen LogP contribution in [0.3, 0.4) is 0 Å². The second-order valence-electron chi connectivity index (χ2n) is 5.93. The van der Waals surface area contributed by atoms with E-state index in [9.17, 15) is 9.90 Å². The van der Waals surface area contributed by atoms with Gasteiger partial charge in [0.15, 0.2) is 0 Å². The van der Waals surface area contributed by atoms with Crippen molar-refractivity contribution in [2.24, 2.45) is 0 Å². The van der Waals surface area contributed by atoms with Gasteiger partial charge in [0.25, 0.3) is 5.91 Å². The highest BCUT2D eigenvalue weighted by Crippen LogP contribution is 2.33. The largest absolute Gasteiger partial charge is 0.493 e. The van der Waals surface area contributed by atoms with Crippen LogP contribution in [0.15, 0.2) is 12.1 Å². The van der Waals surface area contributed by atoms with Gasteiger partial charge in [0, 0.05) is 49.7 Å². The Morgan fingerprint density at radius 3 is 2.77 bits per heavy atom. The van der Waals surface area contributed by atoms with Crippen molar-refractivity contribution in [3.05, 3.63) is 28.3 Å². The summed E-state index contributed by atoms with van der Waals surface area (Å²) in [6.07, 6.45) is -0.00400. The summed E-state index contributed by atoms with van der Waals surface area (Å²) in [6.45, 7) is 5.89. The average molecular weight is 325 g/mol. The van der Waals surface area contributed by atoms with Gasteiger partial charge in [0.05, 0.1) is 6.61 Å². The van der Waals surface area contributed by atoms with Gasteiger partial charge < -0.3 is 14.7 Å². The zero-order valence-corrected chi connectivity index (χ0v) is 13.5. The minimum atomic E-state index is -0.920. The van der Waals surface area contributed by atoms with E-state index in [4.69, 9.17) is 16.3 Å². The van der Waals surface area contributed by atoms with Crippen LogP contribution < -0.4 is 4.74 Å². The molecular formula is C16H21ClN2O3. The lowest BCUT2D eigenvalue weighted by Gasteiger charge is -2.35. The zero-order chi connectivity index (χ0) is 15.7. The fourth-order valence-electron chi connectivity index (χ4n) is 3.09. The number of rotatable bonds is 3. The molecule has 0 aliphatic carbocycles. The summed E-state index contributed by atoms with van der Waals surface area (Å²) in [5.74, 6) is 0.790. The van der Waals surface area contributed by atoms with Crippen LogP contribution in [-0.2, 0) is 17.8 Å². The normalized spacial score (nSPS) is 19.7. The minimum absolute atomic E-state index is 0.188. The molecule has 1 saturated heterocycles. The molecule has 120 valence electrons. The Morgan fingerprint density at radius 2 is 2.09 bits per heavy atom. The van der Waals surface area contributed by atoms with E-state index in [1.54, 1.807) is 4.90 Å². The Bertz CT molecular complexity index is 569. The molecule has 5 nitrogen and oxygen atoms in total. The van der Waals surface area contributed by atoms with E-state index in [1.165, 1.54) is 12.5 Å². The van der Waals surface area contributed by atoms with Gasteiger partial charge in [-0.2, -0.15) is 0 Å². The number of nitrogens with zero attached hydrogens (tertiary/aromatic N) is 2. The van der Waals surface area contributed by atoms with Crippen molar-refractivity contribution in [2.45, 2.75) is 26.0 Å². The first-order valence-corrected chi connectivity index (χ1v) is 8.05. The summed E-state index contributed by atoms with van der Waals surface area (Å²) in [6, 6.07) is 3.95. The number of amides is 1. The van der Waals surface area contributed by atoms with Crippen LogP contribution in [0.25, 0.3) is 0 Å². The maximum absolute atomic E-state index is 11.8. The fraction of sp³-hybridized carbons (Fsp3) is 0.562. The fourth-order valence-corrected chi connectivity index (χ4v) is 3.36. The lowest BCUT2D eigenvalue weighted by Crippen LogP contribution is -2.50. The van der Waals surface area contributed by atoms with Crippen LogP contribution in [0.1, 0.15) is 18.1 Å².